The zero-order chi connectivity index (χ0) is 24.5. The van der Waals surface area contributed by atoms with Gasteiger partial charge < -0.3 is 26.0 Å². The predicted octanol–water partition coefficient (Wildman–Crippen LogP) is 3.65. The second-order valence-corrected chi connectivity index (χ2v) is 8.84. The third-order valence-corrected chi connectivity index (χ3v) is 6.05. The first-order valence-electron chi connectivity index (χ1n) is 11.3. The first-order chi connectivity index (χ1) is 16.4. The highest BCUT2D eigenvalue weighted by molar-refractivity contribution is 6.31. The van der Waals surface area contributed by atoms with Crippen LogP contribution < -0.4 is 10.6 Å². The average molecular weight is 483 g/mol. The quantitative estimate of drug-likeness (QED) is 0.287. The molecule has 3 rings (SSSR count). The fourth-order valence-electron chi connectivity index (χ4n) is 3.67. The number of hydrogen-bond acceptors (Lipinski definition) is 5. The van der Waals surface area contributed by atoms with Crippen molar-refractivity contribution in [2.75, 3.05) is 6.54 Å². The number of rotatable bonds is 11. The van der Waals surface area contributed by atoms with Crippen LogP contribution >= 0.6 is 11.6 Å². The van der Waals surface area contributed by atoms with Gasteiger partial charge in [-0.05, 0) is 53.8 Å². The summed E-state index contributed by atoms with van der Waals surface area (Å²) in [7, 11) is 0. The van der Waals surface area contributed by atoms with E-state index in [-0.39, 0.29) is 24.3 Å². The van der Waals surface area contributed by atoms with Gasteiger partial charge in [0.15, 0.2) is 0 Å². The summed E-state index contributed by atoms with van der Waals surface area (Å²) >= 11 is 6.13. The van der Waals surface area contributed by atoms with Crippen LogP contribution in [0.5, 0.6) is 5.75 Å². The van der Waals surface area contributed by atoms with Crippen LogP contribution in [0.4, 0.5) is 0 Å². The molecule has 0 fully saturated rings. The number of amides is 1. The first-order valence-corrected chi connectivity index (χ1v) is 11.7. The first kappa shape index (κ1) is 25.7. The molecule has 3 aromatic rings. The van der Waals surface area contributed by atoms with Gasteiger partial charge in [-0.3, -0.25) is 4.79 Å². The molecule has 0 bridgehead atoms. The third kappa shape index (κ3) is 7.57. The van der Waals surface area contributed by atoms with Gasteiger partial charge >= 0.3 is 0 Å². The number of carbonyl (C=O) groups excluding carboxylic acids is 1. The number of aliphatic hydroxyl groups is 2. The summed E-state index contributed by atoms with van der Waals surface area (Å²) in [4.78, 5) is 12.3. The number of hydrogen-bond donors (Lipinski definition) is 5. The monoisotopic (exact) mass is 482 g/mol. The van der Waals surface area contributed by atoms with Gasteiger partial charge in [0.05, 0.1) is 19.1 Å². The van der Waals surface area contributed by atoms with Crippen molar-refractivity contribution < 1.29 is 20.1 Å². The van der Waals surface area contributed by atoms with Crippen LogP contribution in [0.1, 0.15) is 40.8 Å². The van der Waals surface area contributed by atoms with Gasteiger partial charge in [-0.2, -0.15) is 0 Å². The highest BCUT2D eigenvalue weighted by Crippen LogP contribution is 2.22. The van der Waals surface area contributed by atoms with Gasteiger partial charge in [0, 0.05) is 29.7 Å². The predicted molar refractivity (Wildman–Crippen MR) is 134 cm³/mol. The second-order valence-electron chi connectivity index (χ2n) is 8.44. The molecule has 180 valence electrons. The van der Waals surface area contributed by atoms with Crippen molar-refractivity contribution in [1.82, 2.24) is 10.6 Å². The molecule has 5 N–H and O–H groups in total. The minimum Gasteiger partial charge on any atom is -0.508 e. The zero-order valence-corrected chi connectivity index (χ0v) is 19.9. The van der Waals surface area contributed by atoms with Crippen LogP contribution in [0.2, 0.25) is 5.02 Å². The van der Waals surface area contributed by atoms with Crippen molar-refractivity contribution >= 4 is 17.5 Å². The summed E-state index contributed by atoms with van der Waals surface area (Å²) in [5, 5.41) is 36.2. The molecular formula is C27H31ClN2O4. The molecule has 0 aliphatic heterocycles. The topological polar surface area (TPSA) is 102 Å². The molecular weight excluding hydrogens is 452 g/mol. The van der Waals surface area contributed by atoms with E-state index in [1.54, 1.807) is 18.2 Å². The number of benzene rings is 3. The lowest BCUT2D eigenvalue weighted by atomic mass is 10.0. The number of phenols is 1. The van der Waals surface area contributed by atoms with Gasteiger partial charge in [-0.25, -0.2) is 0 Å². The molecule has 7 heteroatoms. The summed E-state index contributed by atoms with van der Waals surface area (Å²) in [6, 6.07) is 20.2. The lowest BCUT2D eigenvalue weighted by Gasteiger charge is -2.18. The highest BCUT2D eigenvalue weighted by Gasteiger charge is 2.12. The van der Waals surface area contributed by atoms with Crippen LogP contribution in [-0.4, -0.2) is 33.8 Å². The average Bonchev–Trinajstić information content (AvgIpc) is 2.83. The van der Waals surface area contributed by atoms with Crippen molar-refractivity contribution in [3.05, 3.63) is 99.6 Å². The maximum atomic E-state index is 12.3. The van der Waals surface area contributed by atoms with Crippen LogP contribution in [0.15, 0.2) is 66.7 Å². The van der Waals surface area contributed by atoms with Gasteiger partial charge in [0.1, 0.15) is 5.75 Å². The number of halogens is 1. The van der Waals surface area contributed by atoms with Crippen molar-refractivity contribution in [2.45, 2.75) is 45.1 Å². The minimum atomic E-state index is -0.750. The molecule has 0 saturated heterocycles. The van der Waals surface area contributed by atoms with Crippen molar-refractivity contribution in [3.63, 3.8) is 0 Å². The molecule has 3 aromatic carbocycles. The Morgan fingerprint density at radius 2 is 1.71 bits per heavy atom. The van der Waals surface area contributed by atoms with Gasteiger partial charge in [0.25, 0.3) is 0 Å². The summed E-state index contributed by atoms with van der Waals surface area (Å²) in [5.41, 5.74) is 3.98. The molecule has 0 aliphatic carbocycles. The number of aliphatic hydroxyl groups excluding tert-OH is 2. The van der Waals surface area contributed by atoms with Gasteiger partial charge in [0.2, 0.25) is 5.91 Å². The minimum absolute atomic E-state index is 0.0151. The SMILES string of the molecule is C[C@H](Cc1ccc(CC(=O)NCc2ccccc2Cl)cc1)NC[C@H](O)c1ccc(O)c(CO)c1. The summed E-state index contributed by atoms with van der Waals surface area (Å²) in [6.07, 6.45) is 0.316. The molecule has 0 aromatic heterocycles. The fourth-order valence-corrected chi connectivity index (χ4v) is 3.87. The second kappa shape index (κ2) is 12.5. The smallest absolute Gasteiger partial charge is 0.224 e. The van der Waals surface area contributed by atoms with E-state index in [1.807, 2.05) is 49.4 Å². The molecule has 34 heavy (non-hydrogen) atoms. The van der Waals surface area contributed by atoms with Crippen LogP contribution in [0, 0.1) is 0 Å². The Balaban J connectivity index is 1.43. The molecule has 0 aliphatic rings. The normalized spacial score (nSPS) is 12.8. The van der Waals surface area contributed by atoms with E-state index in [0.29, 0.717) is 35.7 Å². The van der Waals surface area contributed by atoms with E-state index in [4.69, 9.17) is 11.6 Å². The summed E-state index contributed by atoms with van der Waals surface area (Å²) < 4.78 is 0. The largest absolute Gasteiger partial charge is 0.508 e. The molecule has 0 spiro atoms. The molecule has 0 radical (unpaired) electrons. The maximum absolute atomic E-state index is 12.3. The maximum Gasteiger partial charge on any atom is 0.224 e. The number of aromatic hydroxyl groups is 1. The lowest BCUT2D eigenvalue weighted by Crippen LogP contribution is -2.32. The zero-order valence-electron chi connectivity index (χ0n) is 19.2. The molecule has 0 unspecified atom stereocenters. The molecule has 0 heterocycles. The fraction of sp³-hybridized carbons (Fsp3) is 0.296. The van der Waals surface area contributed by atoms with Crippen molar-refractivity contribution in [2.24, 2.45) is 0 Å². The Morgan fingerprint density at radius 3 is 2.41 bits per heavy atom. The van der Waals surface area contributed by atoms with E-state index in [1.165, 1.54) is 6.07 Å². The molecule has 1 amide bonds. The highest BCUT2D eigenvalue weighted by atomic mass is 35.5. The number of carbonyl (C=O) groups is 1. The van der Waals surface area contributed by atoms with E-state index in [9.17, 15) is 20.1 Å². The lowest BCUT2D eigenvalue weighted by molar-refractivity contribution is -0.120. The van der Waals surface area contributed by atoms with Crippen LogP contribution in [0.25, 0.3) is 0 Å². The number of nitrogens with one attached hydrogen (secondary N) is 2. The van der Waals surface area contributed by atoms with E-state index >= 15 is 0 Å². The van der Waals surface area contributed by atoms with Gasteiger partial charge in [-0.1, -0.05) is 60.1 Å². The van der Waals surface area contributed by atoms with E-state index in [0.717, 1.165) is 23.1 Å². The molecule has 6 nitrogen and oxygen atoms in total. The molecule has 0 saturated carbocycles. The van der Waals surface area contributed by atoms with E-state index in [2.05, 4.69) is 10.6 Å². The van der Waals surface area contributed by atoms with E-state index < -0.39 is 6.10 Å². The van der Waals surface area contributed by atoms with Gasteiger partial charge in [-0.15, -0.1) is 0 Å². The van der Waals surface area contributed by atoms with Crippen LogP contribution in [0.3, 0.4) is 0 Å². The Morgan fingerprint density at radius 1 is 1.00 bits per heavy atom. The summed E-state index contributed by atoms with van der Waals surface area (Å²) in [6.45, 7) is 2.51. The van der Waals surface area contributed by atoms with Crippen molar-refractivity contribution in [1.29, 1.82) is 0 Å². The standard InChI is InChI=1S/C27H31ClN2O4/c1-18(29-16-26(33)21-10-11-25(32)23(14-21)17-31)12-19-6-8-20(9-7-19)13-27(34)30-15-22-4-2-3-5-24(22)28/h2-11,14,18,26,29,31-33H,12-13,15-17H2,1H3,(H,30,34)/t18-,26+/m1/s1. The summed E-state index contributed by atoms with van der Waals surface area (Å²) in [5.74, 6) is -0.0448. The van der Waals surface area contributed by atoms with Crippen molar-refractivity contribution in [3.8, 4) is 5.75 Å². The Hall–Kier alpha value is -2.90. The molecule has 2 atom stereocenters. The Bertz CT molecular complexity index is 1090. The third-order valence-electron chi connectivity index (χ3n) is 5.68. The Kier molecular flexibility index (Phi) is 9.48. The van der Waals surface area contributed by atoms with Crippen LogP contribution in [-0.2, 0) is 30.8 Å². The Labute approximate surface area is 205 Å².